The van der Waals surface area contributed by atoms with Crippen LogP contribution in [0.15, 0.2) is 24.3 Å². The van der Waals surface area contributed by atoms with Gasteiger partial charge in [-0.3, -0.25) is 4.79 Å². The minimum atomic E-state index is -0.408. The highest BCUT2D eigenvalue weighted by atomic mass is 16.5. The fourth-order valence-electron chi connectivity index (χ4n) is 1.19. The molecule has 0 bridgehead atoms. The van der Waals surface area contributed by atoms with Gasteiger partial charge in [0.1, 0.15) is 12.4 Å². The van der Waals surface area contributed by atoms with Crippen LogP contribution in [0.4, 0.5) is 0 Å². The molecule has 0 aliphatic rings. The summed E-state index contributed by atoms with van der Waals surface area (Å²) in [5.41, 5.74) is 6.69. The SMILES string of the molecule is CCC(N)C(=O)COc1cccc(C)c1. The van der Waals surface area contributed by atoms with E-state index in [2.05, 4.69) is 0 Å². The Kier molecular flexibility index (Phi) is 4.31. The van der Waals surface area contributed by atoms with E-state index >= 15 is 0 Å². The Labute approximate surface area is 90.2 Å². The standard InChI is InChI=1S/C12H17NO2/c1-3-11(13)12(14)8-15-10-6-4-5-9(2)7-10/h4-7,11H,3,8,13H2,1-2H3. The fraction of sp³-hybridized carbons (Fsp3) is 0.417. The number of hydrogen-bond acceptors (Lipinski definition) is 3. The number of carbonyl (C=O) groups excluding carboxylic acids is 1. The second-order valence-corrected chi connectivity index (χ2v) is 3.59. The smallest absolute Gasteiger partial charge is 0.186 e. The van der Waals surface area contributed by atoms with Gasteiger partial charge in [0.2, 0.25) is 0 Å². The van der Waals surface area contributed by atoms with Gasteiger partial charge in [0.05, 0.1) is 6.04 Å². The number of carbonyl (C=O) groups is 1. The van der Waals surface area contributed by atoms with E-state index in [1.165, 1.54) is 0 Å². The number of ketones is 1. The largest absolute Gasteiger partial charge is 0.486 e. The zero-order valence-corrected chi connectivity index (χ0v) is 9.19. The molecule has 15 heavy (non-hydrogen) atoms. The quantitative estimate of drug-likeness (QED) is 0.799. The zero-order chi connectivity index (χ0) is 11.3. The van der Waals surface area contributed by atoms with Crippen LogP contribution in [0.1, 0.15) is 18.9 Å². The molecule has 0 radical (unpaired) electrons. The number of nitrogens with two attached hydrogens (primary N) is 1. The topological polar surface area (TPSA) is 52.3 Å². The van der Waals surface area contributed by atoms with Crippen molar-refractivity contribution in [1.82, 2.24) is 0 Å². The summed E-state index contributed by atoms with van der Waals surface area (Å²) in [5, 5.41) is 0. The summed E-state index contributed by atoms with van der Waals surface area (Å²) in [6.07, 6.45) is 0.649. The van der Waals surface area contributed by atoms with E-state index in [1.807, 2.05) is 38.1 Å². The number of benzene rings is 1. The molecule has 1 unspecified atom stereocenters. The Bertz CT molecular complexity index is 336. The molecule has 3 nitrogen and oxygen atoms in total. The molecule has 0 spiro atoms. The lowest BCUT2D eigenvalue weighted by atomic mass is 10.1. The predicted octanol–water partition coefficient (Wildman–Crippen LogP) is 1.68. The minimum Gasteiger partial charge on any atom is -0.486 e. The van der Waals surface area contributed by atoms with Gasteiger partial charge >= 0.3 is 0 Å². The first-order chi connectivity index (χ1) is 7.13. The highest BCUT2D eigenvalue weighted by Crippen LogP contribution is 2.12. The second-order valence-electron chi connectivity index (χ2n) is 3.59. The maximum Gasteiger partial charge on any atom is 0.186 e. The zero-order valence-electron chi connectivity index (χ0n) is 9.19. The van der Waals surface area contributed by atoms with Crippen molar-refractivity contribution in [1.29, 1.82) is 0 Å². The molecule has 0 aliphatic carbocycles. The number of Topliss-reactive ketones (excluding diaryl/α,β-unsaturated/α-hetero) is 1. The van der Waals surface area contributed by atoms with Gasteiger partial charge in [-0.1, -0.05) is 19.1 Å². The summed E-state index contributed by atoms with van der Waals surface area (Å²) in [6.45, 7) is 3.92. The molecule has 0 aliphatic heterocycles. The molecule has 0 aromatic heterocycles. The van der Waals surface area contributed by atoms with Crippen LogP contribution in [0, 0.1) is 6.92 Å². The van der Waals surface area contributed by atoms with Crippen molar-refractivity contribution in [3.05, 3.63) is 29.8 Å². The van der Waals surface area contributed by atoms with Crippen molar-refractivity contribution < 1.29 is 9.53 Å². The number of aryl methyl sites for hydroxylation is 1. The van der Waals surface area contributed by atoms with Crippen molar-refractivity contribution in [2.24, 2.45) is 5.73 Å². The number of ether oxygens (including phenoxy) is 1. The predicted molar refractivity (Wildman–Crippen MR) is 59.9 cm³/mol. The minimum absolute atomic E-state index is 0.0540. The molecule has 0 amide bonds. The van der Waals surface area contributed by atoms with Crippen LogP contribution in [0.3, 0.4) is 0 Å². The van der Waals surface area contributed by atoms with E-state index in [-0.39, 0.29) is 12.4 Å². The van der Waals surface area contributed by atoms with Gasteiger partial charge < -0.3 is 10.5 Å². The monoisotopic (exact) mass is 207 g/mol. The molecule has 0 saturated heterocycles. The van der Waals surface area contributed by atoms with Crippen molar-refractivity contribution in [3.63, 3.8) is 0 Å². The lowest BCUT2D eigenvalue weighted by molar-refractivity contribution is -0.122. The summed E-state index contributed by atoms with van der Waals surface area (Å²) in [5.74, 6) is 0.658. The van der Waals surface area contributed by atoms with Gasteiger partial charge in [-0.15, -0.1) is 0 Å². The van der Waals surface area contributed by atoms with Gasteiger partial charge in [-0.25, -0.2) is 0 Å². The lowest BCUT2D eigenvalue weighted by Gasteiger charge is -2.09. The molecule has 1 aromatic rings. The number of rotatable bonds is 5. The van der Waals surface area contributed by atoms with Gasteiger partial charge in [0.25, 0.3) is 0 Å². The molecule has 1 rings (SSSR count). The van der Waals surface area contributed by atoms with Crippen LogP contribution in [0.25, 0.3) is 0 Å². The van der Waals surface area contributed by atoms with Crippen molar-refractivity contribution in [2.75, 3.05) is 6.61 Å². The lowest BCUT2D eigenvalue weighted by Crippen LogP contribution is -2.33. The molecule has 3 heteroatoms. The Balaban J connectivity index is 2.47. The van der Waals surface area contributed by atoms with Gasteiger partial charge in [0.15, 0.2) is 5.78 Å². The van der Waals surface area contributed by atoms with E-state index in [0.717, 1.165) is 5.56 Å². The van der Waals surface area contributed by atoms with Crippen LogP contribution in [-0.4, -0.2) is 18.4 Å². The van der Waals surface area contributed by atoms with Crippen molar-refractivity contribution >= 4 is 5.78 Å². The maximum atomic E-state index is 11.4. The first kappa shape index (κ1) is 11.7. The van der Waals surface area contributed by atoms with Gasteiger partial charge in [-0.05, 0) is 31.0 Å². The van der Waals surface area contributed by atoms with Crippen LogP contribution < -0.4 is 10.5 Å². The van der Waals surface area contributed by atoms with Crippen LogP contribution in [0.2, 0.25) is 0 Å². The molecule has 0 fully saturated rings. The van der Waals surface area contributed by atoms with Crippen molar-refractivity contribution in [2.45, 2.75) is 26.3 Å². The Morgan fingerprint density at radius 1 is 1.53 bits per heavy atom. The molecule has 2 N–H and O–H groups in total. The number of hydrogen-bond donors (Lipinski definition) is 1. The molecular weight excluding hydrogens is 190 g/mol. The summed E-state index contributed by atoms with van der Waals surface area (Å²) >= 11 is 0. The molecule has 0 heterocycles. The normalized spacial score (nSPS) is 12.2. The third-order valence-electron chi connectivity index (χ3n) is 2.22. The molecule has 1 aromatic carbocycles. The average molecular weight is 207 g/mol. The molecule has 82 valence electrons. The molecular formula is C12H17NO2. The maximum absolute atomic E-state index is 11.4. The van der Waals surface area contributed by atoms with E-state index in [0.29, 0.717) is 12.2 Å². The third kappa shape index (κ3) is 3.72. The molecule has 1 atom stereocenters. The molecule has 0 saturated carbocycles. The Morgan fingerprint density at radius 3 is 2.87 bits per heavy atom. The summed E-state index contributed by atoms with van der Waals surface area (Å²) in [6, 6.07) is 7.19. The summed E-state index contributed by atoms with van der Waals surface area (Å²) < 4.78 is 5.34. The highest BCUT2D eigenvalue weighted by Gasteiger charge is 2.11. The second kappa shape index (κ2) is 5.51. The van der Waals surface area contributed by atoms with Gasteiger partial charge in [-0.2, -0.15) is 0 Å². The third-order valence-corrected chi connectivity index (χ3v) is 2.22. The van der Waals surface area contributed by atoms with E-state index in [9.17, 15) is 4.79 Å². The fourth-order valence-corrected chi connectivity index (χ4v) is 1.19. The first-order valence-electron chi connectivity index (χ1n) is 5.11. The van der Waals surface area contributed by atoms with E-state index in [4.69, 9.17) is 10.5 Å². The van der Waals surface area contributed by atoms with Crippen LogP contribution in [-0.2, 0) is 4.79 Å². The average Bonchev–Trinajstić information content (AvgIpc) is 2.25. The van der Waals surface area contributed by atoms with E-state index in [1.54, 1.807) is 0 Å². The van der Waals surface area contributed by atoms with Crippen LogP contribution >= 0.6 is 0 Å². The van der Waals surface area contributed by atoms with E-state index < -0.39 is 6.04 Å². The Morgan fingerprint density at radius 2 is 2.27 bits per heavy atom. The first-order valence-corrected chi connectivity index (χ1v) is 5.11. The Hall–Kier alpha value is -1.35. The summed E-state index contributed by atoms with van der Waals surface area (Å²) in [4.78, 5) is 11.4. The van der Waals surface area contributed by atoms with Crippen molar-refractivity contribution in [3.8, 4) is 5.75 Å². The van der Waals surface area contributed by atoms with Gasteiger partial charge in [0, 0.05) is 0 Å². The summed E-state index contributed by atoms with van der Waals surface area (Å²) in [7, 11) is 0. The van der Waals surface area contributed by atoms with Crippen LogP contribution in [0.5, 0.6) is 5.75 Å². The highest BCUT2D eigenvalue weighted by molar-refractivity contribution is 5.85.